The van der Waals surface area contributed by atoms with E-state index in [1.807, 2.05) is 31.2 Å². The first-order valence-electron chi connectivity index (χ1n) is 9.24. The number of esters is 1. The second-order valence-electron chi connectivity index (χ2n) is 6.82. The van der Waals surface area contributed by atoms with Crippen LogP contribution in [-0.4, -0.2) is 37.0 Å². The molecule has 0 saturated heterocycles. The average Bonchev–Trinajstić information content (AvgIpc) is 2.69. The van der Waals surface area contributed by atoms with Crippen LogP contribution in [0.2, 0.25) is 0 Å². The molecule has 0 aromatic heterocycles. The maximum absolute atomic E-state index is 14.0. The van der Waals surface area contributed by atoms with Gasteiger partial charge in [-0.15, -0.1) is 0 Å². The largest absolute Gasteiger partial charge is 0.467 e. The predicted molar refractivity (Wildman–Crippen MR) is 107 cm³/mol. The molecule has 2 N–H and O–H groups in total. The standard InChI is InChI=1S/C22H25FN2O4/c1-14-8-10-16(11-9-14)12-20(22(28)29-3)25-21(27)19(24-15(2)26)13-17-6-4-5-7-18(17)23/h4-11,19-20H,12-13H2,1-3H3,(H,24,26)(H,25,27)/t19-,20-/m1/s1. The van der Waals surface area contributed by atoms with E-state index in [-0.39, 0.29) is 18.4 Å². The molecule has 0 fully saturated rings. The van der Waals surface area contributed by atoms with Crippen LogP contribution in [0.15, 0.2) is 48.5 Å². The minimum Gasteiger partial charge on any atom is -0.467 e. The minimum atomic E-state index is -1.03. The van der Waals surface area contributed by atoms with Gasteiger partial charge in [0.2, 0.25) is 11.8 Å². The second kappa shape index (κ2) is 10.4. The molecule has 2 rings (SSSR count). The quantitative estimate of drug-likeness (QED) is 0.665. The topological polar surface area (TPSA) is 84.5 Å². The number of carbonyl (C=O) groups is 3. The van der Waals surface area contributed by atoms with Crippen molar-refractivity contribution in [3.8, 4) is 0 Å². The summed E-state index contributed by atoms with van der Waals surface area (Å²) in [6.45, 7) is 3.22. The van der Waals surface area contributed by atoms with Gasteiger partial charge in [0.1, 0.15) is 17.9 Å². The van der Waals surface area contributed by atoms with Gasteiger partial charge < -0.3 is 15.4 Å². The smallest absolute Gasteiger partial charge is 0.328 e. The first kappa shape index (κ1) is 22.1. The molecule has 2 aromatic carbocycles. The molecule has 154 valence electrons. The zero-order valence-electron chi connectivity index (χ0n) is 16.7. The van der Waals surface area contributed by atoms with Crippen molar-refractivity contribution in [1.82, 2.24) is 10.6 Å². The number of benzene rings is 2. The highest BCUT2D eigenvalue weighted by molar-refractivity contribution is 5.90. The molecular formula is C22H25FN2O4. The van der Waals surface area contributed by atoms with E-state index in [1.165, 1.54) is 20.1 Å². The van der Waals surface area contributed by atoms with Crippen molar-refractivity contribution in [2.75, 3.05) is 7.11 Å². The van der Waals surface area contributed by atoms with Crippen molar-refractivity contribution in [1.29, 1.82) is 0 Å². The Morgan fingerprint density at radius 1 is 0.966 bits per heavy atom. The summed E-state index contributed by atoms with van der Waals surface area (Å²) in [5, 5.41) is 5.14. The first-order chi connectivity index (χ1) is 13.8. The summed E-state index contributed by atoms with van der Waals surface area (Å²) >= 11 is 0. The fraction of sp³-hybridized carbons (Fsp3) is 0.318. The summed E-state index contributed by atoms with van der Waals surface area (Å²) in [7, 11) is 1.24. The molecule has 0 aliphatic carbocycles. The predicted octanol–water partition coefficient (Wildman–Crippen LogP) is 2.08. The van der Waals surface area contributed by atoms with Crippen LogP contribution in [0, 0.1) is 12.7 Å². The van der Waals surface area contributed by atoms with E-state index >= 15 is 0 Å². The number of hydrogen-bond acceptors (Lipinski definition) is 4. The van der Waals surface area contributed by atoms with E-state index in [9.17, 15) is 18.8 Å². The molecule has 29 heavy (non-hydrogen) atoms. The van der Waals surface area contributed by atoms with Crippen LogP contribution in [0.5, 0.6) is 0 Å². The number of carbonyl (C=O) groups excluding carboxylic acids is 3. The fourth-order valence-electron chi connectivity index (χ4n) is 2.91. The normalized spacial score (nSPS) is 12.6. The van der Waals surface area contributed by atoms with Crippen molar-refractivity contribution < 1.29 is 23.5 Å². The number of aryl methyl sites for hydroxylation is 1. The summed E-state index contributed by atoms with van der Waals surface area (Å²) in [6.07, 6.45) is 0.182. The molecule has 2 aromatic rings. The van der Waals surface area contributed by atoms with Gasteiger partial charge in [-0.2, -0.15) is 0 Å². The average molecular weight is 400 g/mol. The molecular weight excluding hydrogens is 375 g/mol. The number of amides is 2. The van der Waals surface area contributed by atoms with Crippen LogP contribution in [0.25, 0.3) is 0 Å². The Bertz CT molecular complexity index is 867. The van der Waals surface area contributed by atoms with Gasteiger partial charge in [-0.1, -0.05) is 48.0 Å². The lowest BCUT2D eigenvalue weighted by Crippen LogP contribution is -2.53. The van der Waals surface area contributed by atoms with Crippen molar-refractivity contribution >= 4 is 17.8 Å². The molecule has 2 atom stereocenters. The lowest BCUT2D eigenvalue weighted by atomic mass is 10.0. The SMILES string of the molecule is COC(=O)[C@@H](Cc1ccc(C)cc1)NC(=O)[C@@H](Cc1ccccc1F)NC(C)=O. The van der Waals surface area contributed by atoms with Crippen LogP contribution >= 0.6 is 0 Å². The molecule has 0 bridgehead atoms. The fourth-order valence-corrected chi connectivity index (χ4v) is 2.91. The van der Waals surface area contributed by atoms with E-state index in [1.54, 1.807) is 18.2 Å². The van der Waals surface area contributed by atoms with Gasteiger partial charge in [-0.05, 0) is 24.1 Å². The highest BCUT2D eigenvalue weighted by Gasteiger charge is 2.27. The Labute approximate surface area is 169 Å². The second-order valence-corrected chi connectivity index (χ2v) is 6.82. The van der Waals surface area contributed by atoms with E-state index in [0.717, 1.165) is 11.1 Å². The summed E-state index contributed by atoms with van der Waals surface area (Å²) in [5.41, 5.74) is 2.20. The minimum absolute atomic E-state index is 0.0451. The number of halogens is 1. The number of nitrogens with one attached hydrogen (secondary N) is 2. The Kier molecular flexibility index (Phi) is 7.88. The molecule has 0 heterocycles. The summed E-state index contributed by atoms with van der Waals surface area (Å²) in [6, 6.07) is 11.6. The third kappa shape index (κ3) is 6.71. The number of ether oxygens (including phenoxy) is 1. The lowest BCUT2D eigenvalue weighted by molar-refractivity contribution is -0.145. The monoisotopic (exact) mass is 400 g/mol. The molecule has 0 unspecified atom stereocenters. The third-order valence-electron chi connectivity index (χ3n) is 4.44. The lowest BCUT2D eigenvalue weighted by Gasteiger charge is -2.22. The maximum Gasteiger partial charge on any atom is 0.328 e. The molecule has 7 heteroatoms. The van der Waals surface area contributed by atoms with Gasteiger partial charge in [0.15, 0.2) is 0 Å². The van der Waals surface area contributed by atoms with Crippen LogP contribution in [-0.2, 0) is 32.0 Å². The van der Waals surface area contributed by atoms with E-state index in [4.69, 9.17) is 4.74 Å². The van der Waals surface area contributed by atoms with Gasteiger partial charge in [-0.3, -0.25) is 9.59 Å². The Balaban J connectivity index is 2.17. The molecule has 2 amide bonds. The molecule has 6 nitrogen and oxygen atoms in total. The zero-order valence-corrected chi connectivity index (χ0v) is 16.7. The maximum atomic E-state index is 14.0. The molecule has 0 spiro atoms. The Hall–Kier alpha value is -3.22. The van der Waals surface area contributed by atoms with Crippen molar-refractivity contribution in [3.05, 3.63) is 71.0 Å². The summed E-state index contributed by atoms with van der Waals surface area (Å²) < 4.78 is 18.8. The van der Waals surface area contributed by atoms with Gasteiger partial charge in [-0.25, -0.2) is 9.18 Å². The van der Waals surface area contributed by atoms with Gasteiger partial charge >= 0.3 is 5.97 Å². The number of methoxy groups -OCH3 is 1. The van der Waals surface area contributed by atoms with Crippen LogP contribution in [0.3, 0.4) is 0 Å². The summed E-state index contributed by atoms with van der Waals surface area (Å²) in [4.78, 5) is 36.6. The van der Waals surface area contributed by atoms with E-state index < -0.39 is 35.7 Å². The molecule has 0 radical (unpaired) electrons. The van der Waals surface area contributed by atoms with Gasteiger partial charge in [0.05, 0.1) is 7.11 Å². The van der Waals surface area contributed by atoms with E-state index in [0.29, 0.717) is 0 Å². The van der Waals surface area contributed by atoms with E-state index in [2.05, 4.69) is 10.6 Å². The molecule has 0 saturated carbocycles. The van der Waals surface area contributed by atoms with Crippen LogP contribution in [0.4, 0.5) is 4.39 Å². The highest BCUT2D eigenvalue weighted by atomic mass is 19.1. The van der Waals surface area contributed by atoms with Crippen LogP contribution < -0.4 is 10.6 Å². The summed E-state index contributed by atoms with van der Waals surface area (Å²) in [5.74, 6) is -2.10. The van der Waals surface area contributed by atoms with Crippen molar-refractivity contribution in [2.24, 2.45) is 0 Å². The molecule has 0 aliphatic rings. The molecule has 0 aliphatic heterocycles. The van der Waals surface area contributed by atoms with Crippen LogP contribution in [0.1, 0.15) is 23.6 Å². The number of rotatable bonds is 8. The first-order valence-corrected chi connectivity index (χ1v) is 9.24. The van der Waals surface area contributed by atoms with Crippen molar-refractivity contribution in [3.63, 3.8) is 0 Å². The van der Waals surface area contributed by atoms with Crippen molar-refractivity contribution in [2.45, 2.75) is 38.8 Å². The third-order valence-corrected chi connectivity index (χ3v) is 4.44. The Morgan fingerprint density at radius 2 is 1.62 bits per heavy atom. The van der Waals surface area contributed by atoms with Gasteiger partial charge in [0, 0.05) is 19.8 Å². The zero-order chi connectivity index (χ0) is 21.4. The highest BCUT2D eigenvalue weighted by Crippen LogP contribution is 2.11. The van der Waals surface area contributed by atoms with Gasteiger partial charge in [0.25, 0.3) is 0 Å². The Morgan fingerprint density at radius 3 is 2.21 bits per heavy atom. The number of hydrogen-bond donors (Lipinski definition) is 2.